The van der Waals surface area contributed by atoms with E-state index in [1.54, 1.807) is 6.20 Å². The third-order valence-electron chi connectivity index (χ3n) is 3.36. The highest BCUT2D eigenvalue weighted by Crippen LogP contribution is 2.11. The Bertz CT molecular complexity index is 292. The fraction of sp³-hybridized carbons (Fsp3) is 0.833. The fourth-order valence-electron chi connectivity index (χ4n) is 2.41. The van der Waals surface area contributed by atoms with Crippen molar-refractivity contribution in [3.63, 3.8) is 0 Å². The predicted molar refractivity (Wildman–Crippen MR) is 67.7 cm³/mol. The lowest BCUT2D eigenvalue weighted by Gasteiger charge is -2.26. The lowest BCUT2D eigenvalue weighted by Crippen LogP contribution is -2.40. The number of nitrogens with one attached hydrogen (secondary N) is 2. The molecule has 17 heavy (non-hydrogen) atoms. The molecule has 1 aromatic rings. The molecular weight excluding hydrogens is 214 g/mol. The van der Waals surface area contributed by atoms with Gasteiger partial charge in [0.05, 0.1) is 12.7 Å². The SMILES string of the molecule is CC(CC1CCCCN1)NCCn1ccnn1. The van der Waals surface area contributed by atoms with Crippen LogP contribution in [0.4, 0.5) is 0 Å². The average molecular weight is 237 g/mol. The first kappa shape index (κ1) is 12.5. The van der Waals surface area contributed by atoms with E-state index in [2.05, 4.69) is 27.9 Å². The van der Waals surface area contributed by atoms with Gasteiger partial charge in [-0.05, 0) is 32.7 Å². The lowest BCUT2D eigenvalue weighted by molar-refractivity contribution is 0.342. The highest BCUT2D eigenvalue weighted by molar-refractivity contribution is 4.77. The summed E-state index contributed by atoms with van der Waals surface area (Å²) in [5, 5.41) is 14.9. The highest BCUT2D eigenvalue weighted by atomic mass is 15.4. The molecule has 0 amide bonds. The van der Waals surface area contributed by atoms with Gasteiger partial charge >= 0.3 is 0 Å². The molecule has 2 atom stereocenters. The van der Waals surface area contributed by atoms with Gasteiger partial charge in [-0.1, -0.05) is 11.6 Å². The molecular formula is C12H23N5. The summed E-state index contributed by atoms with van der Waals surface area (Å²) in [6.45, 7) is 5.30. The Balaban J connectivity index is 1.58. The Morgan fingerprint density at radius 2 is 2.47 bits per heavy atom. The molecule has 1 saturated heterocycles. The van der Waals surface area contributed by atoms with Crippen molar-refractivity contribution in [3.8, 4) is 0 Å². The molecule has 1 aliphatic rings. The van der Waals surface area contributed by atoms with E-state index in [4.69, 9.17) is 0 Å². The van der Waals surface area contributed by atoms with Gasteiger partial charge in [0.25, 0.3) is 0 Å². The smallest absolute Gasteiger partial charge is 0.0692 e. The second kappa shape index (κ2) is 6.71. The largest absolute Gasteiger partial charge is 0.314 e. The minimum absolute atomic E-state index is 0.564. The summed E-state index contributed by atoms with van der Waals surface area (Å²) in [5.41, 5.74) is 0. The maximum Gasteiger partial charge on any atom is 0.0692 e. The van der Waals surface area contributed by atoms with Gasteiger partial charge in [0.15, 0.2) is 0 Å². The van der Waals surface area contributed by atoms with Crippen molar-refractivity contribution < 1.29 is 0 Å². The molecule has 1 aromatic heterocycles. The quantitative estimate of drug-likeness (QED) is 0.768. The van der Waals surface area contributed by atoms with Gasteiger partial charge in [0.2, 0.25) is 0 Å². The van der Waals surface area contributed by atoms with Crippen LogP contribution in [0.1, 0.15) is 32.6 Å². The topological polar surface area (TPSA) is 54.8 Å². The molecule has 0 spiro atoms. The number of hydrogen-bond acceptors (Lipinski definition) is 4. The summed E-state index contributed by atoms with van der Waals surface area (Å²) in [7, 11) is 0. The minimum Gasteiger partial charge on any atom is -0.314 e. The number of hydrogen-bond donors (Lipinski definition) is 2. The molecule has 1 fully saturated rings. The number of rotatable bonds is 6. The standard InChI is InChI=1S/C12H23N5/c1-11(10-12-4-2-3-5-14-12)13-6-8-17-9-7-15-16-17/h7,9,11-14H,2-6,8,10H2,1H3. The van der Waals surface area contributed by atoms with Crippen LogP contribution in [0.25, 0.3) is 0 Å². The van der Waals surface area contributed by atoms with Crippen LogP contribution in [0.3, 0.4) is 0 Å². The molecule has 1 aliphatic heterocycles. The Morgan fingerprint density at radius 3 is 3.18 bits per heavy atom. The average Bonchev–Trinajstić information content (AvgIpc) is 2.83. The fourth-order valence-corrected chi connectivity index (χ4v) is 2.41. The number of aromatic nitrogens is 3. The van der Waals surface area contributed by atoms with Crippen LogP contribution in [0.5, 0.6) is 0 Å². The third-order valence-corrected chi connectivity index (χ3v) is 3.36. The second-order valence-corrected chi connectivity index (χ2v) is 4.90. The van der Waals surface area contributed by atoms with Crippen molar-refractivity contribution in [1.29, 1.82) is 0 Å². The lowest BCUT2D eigenvalue weighted by atomic mass is 9.99. The molecule has 96 valence electrons. The van der Waals surface area contributed by atoms with Crippen molar-refractivity contribution in [2.45, 2.75) is 51.2 Å². The molecule has 0 aliphatic carbocycles. The summed E-state index contributed by atoms with van der Waals surface area (Å²) in [6, 6.07) is 1.27. The highest BCUT2D eigenvalue weighted by Gasteiger charge is 2.15. The summed E-state index contributed by atoms with van der Waals surface area (Å²) in [4.78, 5) is 0. The Labute approximate surface area is 103 Å². The van der Waals surface area contributed by atoms with E-state index in [0.29, 0.717) is 12.1 Å². The van der Waals surface area contributed by atoms with Gasteiger partial charge in [-0.25, -0.2) is 0 Å². The van der Waals surface area contributed by atoms with E-state index in [0.717, 1.165) is 13.1 Å². The first-order valence-electron chi connectivity index (χ1n) is 6.65. The molecule has 5 nitrogen and oxygen atoms in total. The first-order valence-corrected chi connectivity index (χ1v) is 6.65. The van der Waals surface area contributed by atoms with E-state index < -0.39 is 0 Å². The van der Waals surface area contributed by atoms with E-state index >= 15 is 0 Å². The zero-order chi connectivity index (χ0) is 11.9. The Kier molecular flexibility index (Phi) is 4.94. The first-order chi connectivity index (χ1) is 8.34. The van der Waals surface area contributed by atoms with Gasteiger partial charge < -0.3 is 10.6 Å². The van der Waals surface area contributed by atoms with Crippen molar-refractivity contribution in [2.24, 2.45) is 0 Å². The summed E-state index contributed by atoms with van der Waals surface area (Å²) < 4.78 is 1.86. The summed E-state index contributed by atoms with van der Waals surface area (Å²) in [5.74, 6) is 0. The van der Waals surface area contributed by atoms with Crippen molar-refractivity contribution in [2.75, 3.05) is 13.1 Å². The molecule has 2 unspecified atom stereocenters. The zero-order valence-electron chi connectivity index (χ0n) is 10.6. The van der Waals surface area contributed by atoms with Crippen LogP contribution in [0, 0.1) is 0 Å². The van der Waals surface area contributed by atoms with Crippen LogP contribution >= 0.6 is 0 Å². The third kappa shape index (κ3) is 4.44. The number of nitrogens with zero attached hydrogens (tertiary/aromatic N) is 3. The molecule has 2 heterocycles. The second-order valence-electron chi connectivity index (χ2n) is 4.90. The van der Waals surface area contributed by atoms with Crippen molar-refractivity contribution >= 4 is 0 Å². The normalized spacial score (nSPS) is 22.5. The van der Waals surface area contributed by atoms with Crippen molar-refractivity contribution in [3.05, 3.63) is 12.4 Å². The van der Waals surface area contributed by atoms with Gasteiger partial charge in [-0.15, -0.1) is 5.10 Å². The molecule has 5 heteroatoms. The summed E-state index contributed by atoms with van der Waals surface area (Å²) >= 11 is 0. The van der Waals surface area contributed by atoms with Gasteiger partial charge in [0, 0.05) is 24.8 Å². The van der Waals surface area contributed by atoms with Gasteiger partial charge in [-0.2, -0.15) is 0 Å². The van der Waals surface area contributed by atoms with E-state index in [1.165, 1.54) is 32.2 Å². The number of piperidine rings is 1. The molecule has 2 rings (SSSR count). The van der Waals surface area contributed by atoms with E-state index in [9.17, 15) is 0 Å². The molecule has 0 saturated carbocycles. The predicted octanol–water partition coefficient (Wildman–Crippen LogP) is 0.788. The van der Waals surface area contributed by atoms with Gasteiger partial charge in [0.1, 0.15) is 0 Å². The maximum absolute atomic E-state index is 3.94. The molecule has 0 bridgehead atoms. The van der Waals surface area contributed by atoms with E-state index in [-0.39, 0.29) is 0 Å². The maximum atomic E-state index is 3.94. The van der Waals surface area contributed by atoms with Crippen LogP contribution < -0.4 is 10.6 Å². The monoisotopic (exact) mass is 237 g/mol. The van der Waals surface area contributed by atoms with Crippen LogP contribution in [0.2, 0.25) is 0 Å². The molecule has 0 radical (unpaired) electrons. The Hall–Kier alpha value is -0.940. The minimum atomic E-state index is 0.564. The van der Waals surface area contributed by atoms with E-state index in [1.807, 2.05) is 10.9 Å². The molecule has 2 N–H and O–H groups in total. The van der Waals surface area contributed by atoms with Crippen LogP contribution in [-0.4, -0.2) is 40.2 Å². The van der Waals surface area contributed by atoms with Crippen LogP contribution in [-0.2, 0) is 6.54 Å². The Morgan fingerprint density at radius 1 is 1.53 bits per heavy atom. The summed E-state index contributed by atoms with van der Waals surface area (Å²) in [6.07, 6.45) is 8.88. The van der Waals surface area contributed by atoms with Crippen LogP contribution in [0.15, 0.2) is 12.4 Å². The van der Waals surface area contributed by atoms with Crippen molar-refractivity contribution in [1.82, 2.24) is 25.6 Å². The zero-order valence-corrected chi connectivity index (χ0v) is 10.6. The molecule has 0 aromatic carbocycles. The van der Waals surface area contributed by atoms with Gasteiger partial charge in [-0.3, -0.25) is 4.68 Å².